The van der Waals surface area contributed by atoms with Crippen molar-refractivity contribution in [3.63, 3.8) is 0 Å². The summed E-state index contributed by atoms with van der Waals surface area (Å²) in [6, 6.07) is 8.38. The van der Waals surface area contributed by atoms with E-state index in [-0.39, 0.29) is 0 Å². The fraction of sp³-hybridized carbons (Fsp3) is 0.538. The van der Waals surface area contributed by atoms with Gasteiger partial charge in [0, 0.05) is 5.69 Å². The van der Waals surface area contributed by atoms with Crippen molar-refractivity contribution in [2.45, 2.75) is 25.9 Å². The van der Waals surface area contributed by atoms with Gasteiger partial charge in [-0.05, 0) is 45.0 Å². The molecule has 0 aromatic heterocycles. The minimum Gasteiger partial charge on any atom is -0.363 e. The molecular formula is C13H20N2O. The molecule has 0 amide bonds. The number of rotatable bonds is 4. The maximum atomic E-state index is 5.77. The molecule has 1 aliphatic rings. The molecule has 1 aromatic rings. The van der Waals surface area contributed by atoms with Gasteiger partial charge in [-0.15, -0.1) is 0 Å². The molecule has 0 bridgehead atoms. The van der Waals surface area contributed by atoms with Crippen molar-refractivity contribution in [1.29, 1.82) is 0 Å². The number of aryl methyl sites for hydroxylation is 1. The molecule has 1 fully saturated rings. The summed E-state index contributed by atoms with van der Waals surface area (Å²) in [6.45, 7) is 4.85. The van der Waals surface area contributed by atoms with E-state index < -0.39 is 0 Å². The van der Waals surface area contributed by atoms with E-state index in [1.165, 1.54) is 5.56 Å². The van der Waals surface area contributed by atoms with Crippen molar-refractivity contribution in [3.05, 3.63) is 29.8 Å². The van der Waals surface area contributed by atoms with Crippen LogP contribution >= 0.6 is 0 Å². The predicted molar refractivity (Wildman–Crippen MR) is 66.6 cm³/mol. The minimum atomic E-state index is 0.416. The zero-order chi connectivity index (χ0) is 11.2. The van der Waals surface area contributed by atoms with Crippen LogP contribution in [0, 0.1) is 6.92 Å². The summed E-state index contributed by atoms with van der Waals surface area (Å²) in [7, 11) is 0. The molecule has 1 aliphatic heterocycles. The fourth-order valence-electron chi connectivity index (χ4n) is 1.88. The molecule has 0 aliphatic carbocycles. The summed E-state index contributed by atoms with van der Waals surface area (Å²) in [5.41, 5.74) is 2.41. The summed E-state index contributed by atoms with van der Waals surface area (Å²) in [4.78, 5) is 0. The van der Waals surface area contributed by atoms with E-state index in [1.807, 2.05) is 0 Å². The van der Waals surface area contributed by atoms with Crippen molar-refractivity contribution in [2.24, 2.45) is 0 Å². The fourth-order valence-corrected chi connectivity index (χ4v) is 1.88. The molecule has 0 atom stereocenters. The van der Waals surface area contributed by atoms with Gasteiger partial charge in [-0.3, -0.25) is 0 Å². The van der Waals surface area contributed by atoms with Gasteiger partial charge >= 0.3 is 0 Å². The first kappa shape index (κ1) is 11.4. The zero-order valence-corrected chi connectivity index (χ0v) is 9.83. The molecule has 0 radical (unpaired) electrons. The van der Waals surface area contributed by atoms with Crippen LogP contribution in [0.15, 0.2) is 24.3 Å². The molecule has 2 N–H and O–H groups in total. The molecule has 88 valence electrons. The highest BCUT2D eigenvalue weighted by atomic mass is 16.5. The highest BCUT2D eigenvalue weighted by Crippen LogP contribution is 2.10. The normalized spacial score (nSPS) is 17.3. The number of anilines is 1. The molecule has 16 heavy (non-hydrogen) atoms. The maximum Gasteiger partial charge on any atom is 0.116 e. The Labute approximate surface area is 97.2 Å². The van der Waals surface area contributed by atoms with E-state index >= 15 is 0 Å². The van der Waals surface area contributed by atoms with Gasteiger partial charge in [-0.25, -0.2) is 0 Å². The van der Waals surface area contributed by atoms with E-state index in [9.17, 15) is 0 Å². The van der Waals surface area contributed by atoms with Gasteiger partial charge in [0.05, 0.1) is 6.10 Å². The van der Waals surface area contributed by atoms with Crippen molar-refractivity contribution < 1.29 is 4.74 Å². The molecule has 2 rings (SSSR count). The lowest BCUT2D eigenvalue weighted by Gasteiger charge is -2.23. The lowest BCUT2D eigenvalue weighted by Crippen LogP contribution is -2.33. The van der Waals surface area contributed by atoms with E-state index in [0.717, 1.165) is 31.6 Å². The first-order valence-electron chi connectivity index (χ1n) is 5.97. The molecule has 0 spiro atoms. The summed E-state index contributed by atoms with van der Waals surface area (Å²) in [6.07, 6.45) is 2.66. The largest absolute Gasteiger partial charge is 0.363 e. The van der Waals surface area contributed by atoms with Crippen LogP contribution in [0.4, 0.5) is 5.69 Å². The zero-order valence-electron chi connectivity index (χ0n) is 9.83. The van der Waals surface area contributed by atoms with Crippen molar-refractivity contribution >= 4 is 5.69 Å². The van der Waals surface area contributed by atoms with Crippen molar-refractivity contribution in [3.8, 4) is 0 Å². The number of ether oxygens (including phenoxy) is 1. The van der Waals surface area contributed by atoms with Gasteiger partial charge in [-0.1, -0.05) is 17.7 Å². The Morgan fingerprint density at radius 2 is 1.94 bits per heavy atom. The molecule has 1 aromatic carbocycles. The van der Waals surface area contributed by atoms with Crippen LogP contribution < -0.4 is 10.6 Å². The number of nitrogens with one attached hydrogen (secondary N) is 2. The number of benzene rings is 1. The van der Waals surface area contributed by atoms with Crippen molar-refractivity contribution in [2.75, 3.05) is 25.1 Å². The second-order valence-electron chi connectivity index (χ2n) is 4.30. The minimum absolute atomic E-state index is 0.416. The average molecular weight is 220 g/mol. The van der Waals surface area contributed by atoms with Gasteiger partial charge in [-0.2, -0.15) is 0 Å². The van der Waals surface area contributed by atoms with Gasteiger partial charge in [0.15, 0.2) is 0 Å². The van der Waals surface area contributed by atoms with Crippen LogP contribution in [0.5, 0.6) is 0 Å². The van der Waals surface area contributed by atoms with E-state index in [1.54, 1.807) is 0 Å². The van der Waals surface area contributed by atoms with E-state index in [0.29, 0.717) is 12.8 Å². The molecule has 3 nitrogen and oxygen atoms in total. The molecule has 3 heteroatoms. The Kier molecular flexibility index (Phi) is 4.19. The lowest BCUT2D eigenvalue weighted by atomic mass is 10.1. The SMILES string of the molecule is Cc1ccc(NCOC2CCNCC2)cc1. The number of hydrogen-bond donors (Lipinski definition) is 2. The van der Waals surface area contributed by atoms with Crippen LogP contribution in [0.2, 0.25) is 0 Å². The van der Waals surface area contributed by atoms with Crippen molar-refractivity contribution in [1.82, 2.24) is 5.32 Å². The molecule has 1 heterocycles. The Balaban J connectivity index is 1.69. The van der Waals surface area contributed by atoms with Crippen LogP contribution in [-0.4, -0.2) is 25.9 Å². The highest BCUT2D eigenvalue weighted by molar-refractivity contribution is 5.43. The third-order valence-electron chi connectivity index (χ3n) is 2.93. The summed E-state index contributed by atoms with van der Waals surface area (Å²) in [5.74, 6) is 0. The van der Waals surface area contributed by atoms with Crippen LogP contribution in [0.25, 0.3) is 0 Å². The van der Waals surface area contributed by atoms with E-state index in [4.69, 9.17) is 4.74 Å². The Hall–Kier alpha value is -1.06. The van der Waals surface area contributed by atoms with Gasteiger partial charge < -0.3 is 15.4 Å². The number of hydrogen-bond acceptors (Lipinski definition) is 3. The molecule has 0 unspecified atom stereocenters. The second-order valence-corrected chi connectivity index (χ2v) is 4.30. The number of piperidine rings is 1. The molecular weight excluding hydrogens is 200 g/mol. The summed E-state index contributed by atoms with van der Waals surface area (Å²) >= 11 is 0. The second kappa shape index (κ2) is 5.87. The first-order valence-corrected chi connectivity index (χ1v) is 5.97. The monoisotopic (exact) mass is 220 g/mol. The molecule has 0 saturated carbocycles. The topological polar surface area (TPSA) is 33.3 Å². The van der Waals surface area contributed by atoms with Crippen LogP contribution in [-0.2, 0) is 4.74 Å². The van der Waals surface area contributed by atoms with Crippen LogP contribution in [0.1, 0.15) is 18.4 Å². The highest BCUT2D eigenvalue weighted by Gasteiger charge is 2.12. The Morgan fingerprint density at radius 1 is 1.25 bits per heavy atom. The summed E-state index contributed by atoms with van der Waals surface area (Å²) < 4.78 is 5.77. The first-order chi connectivity index (χ1) is 7.84. The third kappa shape index (κ3) is 3.51. The van der Waals surface area contributed by atoms with Gasteiger partial charge in [0.2, 0.25) is 0 Å². The van der Waals surface area contributed by atoms with Crippen LogP contribution in [0.3, 0.4) is 0 Å². The third-order valence-corrected chi connectivity index (χ3v) is 2.93. The Bertz CT molecular complexity index is 304. The lowest BCUT2D eigenvalue weighted by molar-refractivity contribution is 0.0448. The summed E-state index contributed by atoms with van der Waals surface area (Å²) in [5, 5.41) is 6.61. The smallest absolute Gasteiger partial charge is 0.116 e. The average Bonchev–Trinajstić information content (AvgIpc) is 2.33. The Morgan fingerprint density at radius 3 is 2.62 bits per heavy atom. The standard InChI is InChI=1S/C13H20N2O/c1-11-2-4-12(5-3-11)15-10-16-13-6-8-14-9-7-13/h2-5,13-15H,6-10H2,1H3. The quantitative estimate of drug-likeness (QED) is 0.763. The van der Waals surface area contributed by atoms with Gasteiger partial charge in [0.25, 0.3) is 0 Å². The predicted octanol–water partition coefficient (Wildman–Crippen LogP) is 2.13. The molecule has 1 saturated heterocycles. The maximum absolute atomic E-state index is 5.77. The van der Waals surface area contributed by atoms with Gasteiger partial charge in [0.1, 0.15) is 6.73 Å². The van der Waals surface area contributed by atoms with E-state index in [2.05, 4.69) is 41.8 Å².